The minimum absolute atomic E-state index is 0.0342. The van der Waals surface area contributed by atoms with Crippen LogP contribution in [0.4, 0.5) is 0 Å². The molecule has 80 valence electrons. The van der Waals surface area contributed by atoms with Gasteiger partial charge in [0.25, 0.3) is 5.91 Å². The lowest BCUT2D eigenvalue weighted by Gasteiger charge is -2.03. The second-order valence-electron chi connectivity index (χ2n) is 3.01. The molecular weight excluding hydrogens is 281 g/mol. The van der Waals surface area contributed by atoms with Gasteiger partial charge in [0, 0.05) is 10.0 Å². The van der Waals surface area contributed by atoms with Crippen LogP contribution in [0.2, 0.25) is 5.02 Å². The van der Waals surface area contributed by atoms with Gasteiger partial charge in [0.2, 0.25) is 0 Å². The van der Waals surface area contributed by atoms with E-state index in [1.807, 2.05) is 0 Å². The van der Waals surface area contributed by atoms with Crippen LogP contribution in [0.1, 0.15) is 17.3 Å². The average Bonchev–Trinajstić information content (AvgIpc) is 2.18. The number of hydrogen-bond acceptors (Lipinski definition) is 2. The van der Waals surface area contributed by atoms with E-state index in [0.29, 0.717) is 10.6 Å². The summed E-state index contributed by atoms with van der Waals surface area (Å²) in [6, 6.07) is 4.86. The quantitative estimate of drug-likeness (QED) is 0.929. The molecule has 1 rings (SSSR count). The fraction of sp³-hybridized carbons (Fsp3) is 0.200. The molecule has 15 heavy (non-hydrogen) atoms. The molecule has 0 heterocycles. The Balaban J connectivity index is 2.74. The van der Waals surface area contributed by atoms with Gasteiger partial charge in [-0.1, -0.05) is 11.6 Å². The lowest BCUT2D eigenvalue weighted by Crippen LogP contribution is -2.28. The molecular formula is C10H9BrClNO2. The minimum atomic E-state index is -0.306. The maximum absolute atomic E-state index is 11.5. The molecule has 1 aromatic carbocycles. The van der Waals surface area contributed by atoms with Gasteiger partial charge < -0.3 is 5.32 Å². The molecule has 1 N–H and O–H groups in total. The van der Waals surface area contributed by atoms with Gasteiger partial charge in [0.15, 0.2) is 0 Å². The Labute approximate surface area is 101 Å². The Hall–Kier alpha value is -0.870. The molecule has 0 fully saturated rings. The molecule has 1 amide bonds. The molecule has 0 atom stereocenters. The van der Waals surface area contributed by atoms with Crippen molar-refractivity contribution in [2.75, 3.05) is 6.54 Å². The first-order valence-corrected chi connectivity index (χ1v) is 5.40. The number of carbonyl (C=O) groups is 2. The number of benzene rings is 1. The van der Waals surface area contributed by atoms with Crippen molar-refractivity contribution in [1.29, 1.82) is 0 Å². The fourth-order valence-electron chi connectivity index (χ4n) is 0.944. The monoisotopic (exact) mass is 289 g/mol. The Bertz CT molecular complexity index is 406. The molecule has 1 aromatic rings. The first-order chi connectivity index (χ1) is 7.00. The number of halogens is 2. The largest absolute Gasteiger partial charge is 0.345 e. The van der Waals surface area contributed by atoms with E-state index in [9.17, 15) is 9.59 Å². The minimum Gasteiger partial charge on any atom is -0.345 e. The van der Waals surface area contributed by atoms with E-state index in [4.69, 9.17) is 11.6 Å². The van der Waals surface area contributed by atoms with E-state index >= 15 is 0 Å². The highest BCUT2D eigenvalue weighted by atomic mass is 79.9. The summed E-state index contributed by atoms with van der Waals surface area (Å²) in [5, 5.41) is 2.95. The highest BCUT2D eigenvalue weighted by molar-refractivity contribution is 9.10. The van der Waals surface area contributed by atoms with Crippen LogP contribution in [0.3, 0.4) is 0 Å². The summed E-state index contributed by atoms with van der Waals surface area (Å²) in [5.41, 5.74) is 0.435. The van der Waals surface area contributed by atoms with Crippen LogP contribution in [-0.4, -0.2) is 18.2 Å². The first-order valence-electron chi connectivity index (χ1n) is 4.23. The predicted molar refractivity (Wildman–Crippen MR) is 62.2 cm³/mol. The van der Waals surface area contributed by atoms with Gasteiger partial charge in [-0.05, 0) is 41.1 Å². The van der Waals surface area contributed by atoms with Crippen molar-refractivity contribution in [2.45, 2.75) is 6.92 Å². The van der Waals surface area contributed by atoms with Gasteiger partial charge in [0.05, 0.1) is 11.6 Å². The zero-order chi connectivity index (χ0) is 11.4. The number of nitrogens with one attached hydrogen (secondary N) is 1. The van der Waals surface area contributed by atoms with Crippen LogP contribution >= 0.6 is 27.5 Å². The normalized spacial score (nSPS) is 9.80. The van der Waals surface area contributed by atoms with Crippen molar-refractivity contribution in [3.05, 3.63) is 33.3 Å². The molecule has 3 nitrogen and oxygen atoms in total. The van der Waals surface area contributed by atoms with E-state index in [2.05, 4.69) is 21.2 Å². The van der Waals surface area contributed by atoms with Crippen LogP contribution in [0.15, 0.2) is 22.7 Å². The van der Waals surface area contributed by atoms with E-state index in [-0.39, 0.29) is 18.2 Å². The summed E-state index contributed by atoms with van der Waals surface area (Å²) in [5.74, 6) is -0.397. The zero-order valence-corrected chi connectivity index (χ0v) is 10.4. The lowest BCUT2D eigenvalue weighted by atomic mass is 10.2. The molecule has 5 heteroatoms. The molecule has 0 aromatic heterocycles. The number of hydrogen-bond donors (Lipinski definition) is 1. The molecule has 0 unspecified atom stereocenters. The molecule has 0 aliphatic rings. The van der Waals surface area contributed by atoms with Gasteiger partial charge in [-0.3, -0.25) is 9.59 Å². The van der Waals surface area contributed by atoms with E-state index < -0.39 is 0 Å². The van der Waals surface area contributed by atoms with Gasteiger partial charge in [0.1, 0.15) is 5.78 Å². The second kappa shape index (κ2) is 5.28. The van der Waals surface area contributed by atoms with Crippen molar-refractivity contribution in [3.63, 3.8) is 0 Å². The number of Topliss-reactive ketones (excluding diaryl/α,β-unsaturated/α-hetero) is 1. The third kappa shape index (κ3) is 3.64. The highest BCUT2D eigenvalue weighted by Gasteiger charge is 2.07. The maximum Gasteiger partial charge on any atom is 0.251 e. The van der Waals surface area contributed by atoms with Crippen molar-refractivity contribution in [1.82, 2.24) is 5.32 Å². The Kier molecular flexibility index (Phi) is 4.29. The Morgan fingerprint density at radius 1 is 1.47 bits per heavy atom. The Morgan fingerprint density at radius 2 is 2.13 bits per heavy atom. The van der Waals surface area contributed by atoms with Gasteiger partial charge in [-0.15, -0.1) is 0 Å². The molecule has 0 saturated carbocycles. The van der Waals surface area contributed by atoms with Crippen LogP contribution in [-0.2, 0) is 4.79 Å². The standard InChI is InChI=1S/C10H9BrClNO2/c1-6(14)5-13-10(15)7-2-3-8(11)9(12)4-7/h2-4H,5H2,1H3,(H,13,15). The van der Waals surface area contributed by atoms with Crippen LogP contribution in [0.25, 0.3) is 0 Å². The van der Waals surface area contributed by atoms with E-state index in [0.717, 1.165) is 4.47 Å². The summed E-state index contributed by atoms with van der Waals surface area (Å²) >= 11 is 9.05. The summed E-state index contributed by atoms with van der Waals surface area (Å²) in [6.07, 6.45) is 0. The van der Waals surface area contributed by atoms with Crippen LogP contribution < -0.4 is 5.32 Å². The van der Waals surface area contributed by atoms with Gasteiger partial charge in [-0.25, -0.2) is 0 Å². The second-order valence-corrected chi connectivity index (χ2v) is 4.28. The van der Waals surface area contributed by atoms with Crippen LogP contribution in [0, 0.1) is 0 Å². The smallest absolute Gasteiger partial charge is 0.251 e. The van der Waals surface area contributed by atoms with E-state index in [1.54, 1.807) is 18.2 Å². The maximum atomic E-state index is 11.5. The van der Waals surface area contributed by atoms with Gasteiger partial charge >= 0.3 is 0 Å². The molecule has 0 radical (unpaired) electrons. The summed E-state index contributed by atoms with van der Waals surface area (Å²) in [6.45, 7) is 1.45. The zero-order valence-electron chi connectivity index (χ0n) is 8.01. The number of amides is 1. The lowest BCUT2D eigenvalue weighted by molar-refractivity contribution is -0.116. The van der Waals surface area contributed by atoms with E-state index in [1.165, 1.54) is 6.92 Å². The Morgan fingerprint density at radius 3 is 2.67 bits per heavy atom. The molecule has 0 spiro atoms. The fourth-order valence-corrected chi connectivity index (χ4v) is 1.37. The average molecular weight is 291 g/mol. The van der Waals surface area contributed by atoms with Crippen LogP contribution in [0.5, 0.6) is 0 Å². The summed E-state index contributed by atoms with van der Waals surface area (Å²) in [7, 11) is 0. The van der Waals surface area contributed by atoms with Crippen molar-refractivity contribution in [3.8, 4) is 0 Å². The first kappa shape index (κ1) is 12.2. The third-order valence-corrected chi connectivity index (χ3v) is 2.91. The topological polar surface area (TPSA) is 46.2 Å². The molecule has 0 saturated heterocycles. The number of rotatable bonds is 3. The number of carbonyl (C=O) groups excluding carboxylic acids is 2. The molecule has 0 aliphatic heterocycles. The van der Waals surface area contributed by atoms with Gasteiger partial charge in [-0.2, -0.15) is 0 Å². The predicted octanol–water partition coefficient (Wildman–Crippen LogP) is 2.42. The SMILES string of the molecule is CC(=O)CNC(=O)c1ccc(Br)c(Cl)c1. The number of ketones is 1. The summed E-state index contributed by atoms with van der Waals surface area (Å²) in [4.78, 5) is 22.1. The van der Waals surface area contributed by atoms with Crippen molar-refractivity contribution >= 4 is 39.2 Å². The van der Waals surface area contributed by atoms with Crippen molar-refractivity contribution in [2.24, 2.45) is 0 Å². The van der Waals surface area contributed by atoms with Crippen molar-refractivity contribution < 1.29 is 9.59 Å². The molecule has 0 aliphatic carbocycles. The molecule has 0 bridgehead atoms. The summed E-state index contributed by atoms with van der Waals surface area (Å²) < 4.78 is 0.729. The third-order valence-electron chi connectivity index (χ3n) is 1.68. The highest BCUT2D eigenvalue weighted by Crippen LogP contribution is 2.22.